The number of H-pyrrole nitrogens is 1. The van der Waals surface area contributed by atoms with Crippen molar-refractivity contribution in [1.82, 2.24) is 4.98 Å². The topological polar surface area (TPSA) is 56.6 Å². The molecule has 1 N–H and O–H groups in total. The minimum atomic E-state index is -0.389. The minimum absolute atomic E-state index is 0.103. The van der Waals surface area contributed by atoms with Crippen molar-refractivity contribution in [2.24, 2.45) is 0 Å². The van der Waals surface area contributed by atoms with E-state index in [2.05, 4.69) is 11.9 Å². The van der Waals surface area contributed by atoms with Gasteiger partial charge in [0.05, 0.1) is 0 Å². The summed E-state index contributed by atoms with van der Waals surface area (Å²) in [4.78, 5) is 15.1. The van der Waals surface area contributed by atoms with Gasteiger partial charge < -0.3 is 4.98 Å². The Morgan fingerprint density at radius 3 is 2.25 bits per heavy atom. The lowest BCUT2D eigenvalue weighted by Gasteiger charge is -2.09. The number of aromatic nitrogens is 1. The zero-order valence-electron chi connectivity index (χ0n) is 13.1. The molecule has 0 aliphatic carbocycles. The van der Waals surface area contributed by atoms with Crippen LogP contribution in [0.5, 0.6) is 0 Å². The van der Waals surface area contributed by atoms with Gasteiger partial charge in [-0.05, 0) is 41.3 Å². The van der Waals surface area contributed by atoms with Crippen LogP contribution in [-0.4, -0.2) is 4.98 Å². The molecule has 0 saturated carbocycles. The van der Waals surface area contributed by atoms with Crippen molar-refractivity contribution >= 4 is 11.6 Å². The minimum Gasteiger partial charge on any atom is -0.321 e. The van der Waals surface area contributed by atoms with Crippen LogP contribution in [0.4, 0.5) is 0 Å². The van der Waals surface area contributed by atoms with Crippen LogP contribution in [-0.2, 0) is 6.42 Å². The van der Waals surface area contributed by atoms with Crippen molar-refractivity contribution in [3.05, 3.63) is 81.1 Å². The fraction of sp³-hybridized carbons (Fsp3) is 0.100. The molecule has 4 heteroatoms. The number of aryl methyl sites for hydroxylation is 1. The molecule has 0 spiro atoms. The maximum Gasteiger partial charge on any atom is 0.266 e. The standard InChI is InChI=1S/C20H15ClN2O/c1-2-13-3-5-15(6-4-13)19-11-17(18(12-22)20(24)23-19)14-7-9-16(21)10-8-14/h3-11H,2H2,1H3,(H,23,24). The van der Waals surface area contributed by atoms with Crippen LogP contribution in [0.2, 0.25) is 5.02 Å². The molecule has 0 atom stereocenters. The second-order valence-electron chi connectivity index (χ2n) is 5.47. The number of pyridine rings is 1. The highest BCUT2D eigenvalue weighted by atomic mass is 35.5. The summed E-state index contributed by atoms with van der Waals surface area (Å²) in [7, 11) is 0. The number of benzene rings is 2. The number of nitriles is 1. The van der Waals surface area contributed by atoms with E-state index in [0.717, 1.165) is 17.5 Å². The Morgan fingerprint density at radius 2 is 1.67 bits per heavy atom. The van der Waals surface area contributed by atoms with E-state index in [0.29, 0.717) is 16.3 Å². The number of nitrogens with zero attached hydrogens (tertiary/aromatic N) is 1. The zero-order chi connectivity index (χ0) is 17.1. The summed E-state index contributed by atoms with van der Waals surface area (Å²) >= 11 is 5.93. The predicted octanol–water partition coefficient (Wildman–Crippen LogP) is 4.80. The van der Waals surface area contributed by atoms with Gasteiger partial charge in [-0.3, -0.25) is 4.79 Å². The molecular formula is C20H15ClN2O. The van der Waals surface area contributed by atoms with E-state index in [1.165, 1.54) is 5.56 Å². The van der Waals surface area contributed by atoms with Gasteiger partial charge in [-0.1, -0.05) is 54.9 Å². The number of hydrogen-bond donors (Lipinski definition) is 1. The van der Waals surface area contributed by atoms with Gasteiger partial charge >= 0.3 is 0 Å². The first-order chi connectivity index (χ1) is 11.6. The number of aromatic amines is 1. The van der Waals surface area contributed by atoms with Crippen LogP contribution >= 0.6 is 11.6 Å². The van der Waals surface area contributed by atoms with Crippen LogP contribution in [0, 0.1) is 11.3 Å². The number of nitrogens with one attached hydrogen (secondary N) is 1. The lowest BCUT2D eigenvalue weighted by Crippen LogP contribution is -2.12. The van der Waals surface area contributed by atoms with Crippen molar-refractivity contribution in [1.29, 1.82) is 5.26 Å². The molecule has 0 amide bonds. The highest BCUT2D eigenvalue weighted by Gasteiger charge is 2.12. The summed E-state index contributed by atoms with van der Waals surface area (Å²) < 4.78 is 0. The van der Waals surface area contributed by atoms with Gasteiger partial charge in [-0.2, -0.15) is 5.26 Å². The van der Waals surface area contributed by atoms with Gasteiger partial charge in [0.1, 0.15) is 11.6 Å². The van der Waals surface area contributed by atoms with Gasteiger partial charge in [-0.25, -0.2) is 0 Å². The Labute approximate surface area is 145 Å². The molecule has 1 heterocycles. The molecule has 3 aromatic rings. The van der Waals surface area contributed by atoms with Gasteiger partial charge in [-0.15, -0.1) is 0 Å². The molecule has 0 aliphatic heterocycles. The van der Waals surface area contributed by atoms with Crippen molar-refractivity contribution in [3.8, 4) is 28.5 Å². The summed E-state index contributed by atoms with van der Waals surface area (Å²) in [5.74, 6) is 0. The molecule has 0 unspecified atom stereocenters. The zero-order valence-corrected chi connectivity index (χ0v) is 13.9. The molecule has 1 aromatic heterocycles. The molecule has 3 rings (SSSR count). The SMILES string of the molecule is CCc1ccc(-c2cc(-c3ccc(Cl)cc3)c(C#N)c(=O)[nH]2)cc1. The Hall–Kier alpha value is -2.83. The van der Waals surface area contributed by atoms with Crippen LogP contribution in [0.15, 0.2) is 59.4 Å². The van der Waals surface area contributed by atoms with E-state index in [-0.39, 0.29) is 11.1 Å². The fourth-order valence-electron chi connectivity index (χ4n) is 2.60. The maximum absolute atomic E-state index is 12.3. The molecule has 0 bridgehead atoms. The Balaban J connectivity index is 2.17. The van der Waals surface area contributed by atoms with E-state index in [9.17, 15) is 10.1 Å². The van der Waals surface area contributed by atoms with Crippen LogP contribution in [0.3, 0.4) is 0 Å². The van der Waals surface area contributed by atoms with Crippen molar-refractivity contribution in [3.63, 3.8) is 0 Å². The van der Waals surface area contributed by atoms with E-state index in [1.54, 1.807) is 12.1 Å². The summed E-state index contributed by atoms with van der Waals surface area (Å²) in [6.45, 7) is 2.09. The smallest absolute Gasteiger partial charge is 0.266 e. The van der Waals surface area contributed by atoms with Crippen molar-refractivity contribution in [2.75, 3.05) is 0 Å². The predicted molar refractivity (Wildman–Crippen MR) is 97.0 cm³/mol. The van der Waals surface area contributed by atoms with Gasteiger partial charge in [0.25, 0.3) is 5.56 Å². The molecule has 24 heavy (non-hydrogen) atoms. The Kier molecular flexibility index (Phi) is 4.50. The number of halogens is 1. The van der Waals surface area contributed by atoms with Gasteiger partial charge in [0.15, 0.2) is 0 Å². The highest BCUT2D eigenvalue weighted by molar-refractivity contribution is 6.30. The van der Waals surface area contributed by atoms with Gasteiger partial charge in [0, 0.05) is 16.3 Å². The normalized spacial score (nSPS) is 10.4. The first-order valence-electron chi connectivity index (χ1n) is 7.65. The second kappa shape index (κ2) is 6.74. The number of rotatable bonds is 3. The largest absolute Gasteiger partial charge is 0.321 e. The summed E-state index contributed by atoms with van der Waals surface area (Å²) in [5, 5.41) is 9.96. The van der Waals surface area contributed by atoms with Crippen molar-refractivity contribution in [2.45, 2.75) is 13.3 Å². The molecule has 118 valence electrons. The fourth-order valence-corrected chi connectivity index (χ4v) is 2.73. The molecule has 2 aromatic carbocycles. The summed E-state index contributed by atoms with van der Waals surface area (Å²) in [6.07, 6.45) is 0.959. The third kappa shape index (κ3) is 3.10. The number of hydrogen-bond acceptors (Lipinski definition) is 2. The highest BCUT2D eigenvalue weighted by Crippen LogP contribution is 2.27. The Morgan fingerprint density at radius 1 is 1.04 bits per heavy atom. The molecule has 0 aliphatic rings. The molecule has 0 fully saturated rings. The lowest BCUT2D eigenvalue weighted by atomic mass is 9.98. The first-order valence-corrected chi connectivity index (χ1v) is 8.03. The van der Waals surface area contributed by atoms with Crippen LogP contribution < -0.4 is 5.56 Å². The summed E-state index contributed by atoms with van der Waals surface area (Å²) in [6, 6.07) is 19.0. The van der Waals surface area contributed by atoms with E-state index in [4.69, 9.17) is 11.6 Å². The summed E-state index contributed by atoms with van der Waals surface area (Å²) in [5.41, 5.74) is 3.93. The molecule has 3 nitrogen and oxygen atoms in total. The molecule has 0 radical (unpaired) electrons. The van der Waals surface area contributed by atoms with E-state index >= 15 is 0 Å². The molecular weight excluding hydrogens is 320 g/mol. The lowest BCUT2D eigenvalue weighted by molar-refractivity contribution is 1.14. The van der Waals surface area contributed by atoms with E-state index in [1.807, 2.05) is 48.5 Å². The quantitative estimate of drug-likeness (QED) is 0.748. The average molecular weight is 335 g/mol. The van der Waals surface area contributed by atoms with E-state index < -0.39 is 0 Å². The van der Waals surface area contributed by atoms with Crippen LogP contribution in [0.1, 0.15) is 18.1 Å². The third-order valence-corrected chi connectivity index (χ3v) is 4.23. The van der Waals surface area contributed by atoms with Gasteiger partial charge in [0.2, 0.25) is 0 Å². The second-order valence-corrected chi connectivity index (χ2v) is 5.91. The maximum atomic E-state index is 12.3. The van der Waals surface area contributed by atoms with Crippen LogP contribution in [0.25, 0.3) is 22.4 Å². The molecule has 0 saturated heterocycles. The Bertz CT molecular complexity index is 965. The first kappa shape index (κ1) is 16.0. The third-order valence-electron chi connectivity index (χ3n) is 3.97. The average Bonchev–Trinajstić information content (AvgIpc) is 2.62. The van der Waals surface area contributed by atoms with Crippen molar-refractivity contribution < 1.29 is 0 Å². The monoisotopic (exact) mass is 334 g/mol.